The van der Waals surface area contributed by atoms with E-state index in [1.807, 2.05) is 27.7 Å². The number of hydrogen-bond donors (Lipinski definition) is 0. The molecule has 0 bridgehead atoms. The molecule has 0 heterocycles. The van der Waals surface area contributed by atoms with Gasteiger partial charge in [0, 0.05) is 19.5 Å². The van der Waals surface area contributed by atoms with Crippen LogP contribution in [0, 0.1) is 0 Å². The first-order valence-electron chi connectivity index (χ1n) is 5.71. The molecule has 0 aromatic carbocycles. The molecule has 1 unspecified atom stereocenters. The summed E-state index contributed by atoms with van der Waals surface area (Å²) in [6.45, 7) is 7.51. The third kappa shape index (κ3) is 5.73. The van der Waals surface area contributed by atoms with Crippen molar-refractivity contribution < 1.29 is 14.3 Å². The zero-order valence-corrected chi connectivity index (χ0v) is 10.9. The van der Waals surface area contributed by atoms with Crippen molar-refractivity contribution >= 4 is 12.4 Å². The van der Waals surface area contributed by atoms with E-state index in [-0.39, 0.29) is 12.1 Å². The molecule has 16 heavy (non-hydrogen) atoms. The molecule has 0 aliphatic carbocycles. The minimum atomic E-state index is -0.497. The van der Waals surface area contributed by atoms with Gasteiger partial charge in [0.1, 0.15) is 11.9 Å². The maximum Gasteiger partial charge on any atom is 0.410 e. The second-order valence-corrected chi connectivity index (χ2v) is 4.94. The van der Waals surface area contributed by atoms with Crippen molar-refractivity contribution in [3.05, 3.63) is 0 Å². The van der Waals surface area contributed by atoms with Gasteiger partial charge in [-0.1, -0.05) is 13.3 Å². The van der Waals surface area contributed by atoms with Crippen LogP contribution in [-0.2, 0) is 9.53 Å². The van der Waals surface area contributed by atoms with E-state index < -0.39 is 5.60 Å². The summed E-state index contributed by atoms with van der Waals surface area (Å²) in [5.41, 5.74) is -0.497. The number of nitrogens with zero attached hydrogens (tertiary/aromatic N) is 1. The molecule has 0 aliphatic rings. The highest BCUT2D eigenvalue weighted by molar-refractivity contribution is 5.68. The number of ether oxygens (including phenoxy) is 1. The van der Waals surface area contributed by atoms with Gasteiger partial charge in [-0.05, 0) is 27.2 Å². The van der Waals surface area contributed by atoms with E-state index >= 15 is 0 Å². The largest absolute Gasteiger partial charge is 0.444 e. The summed E-state index contributed by atoms with van der Waals surface area (Å²) in [4.78, 5) is 23.8. The first kappa shape index (κ1) is 14.9. The van der Waals surface area contributed by atoms with Crippen molar-refractivity contribution in [3.8, 4) is 0 Å². The highest BCUT2D eigenvalue weighted by Gasteiger charge is 2.24. The summed E-state index contributed by atoms with van der Waals surface area (Å²) in [6.07, 6.45) is 2.60. The highest BCUT2D eigenvalue weighted by Crippen LogP contribution is 2.14. The molecule has 0 aromatic rings. The van der Waals surface area contributed by atoms with Gasteiger partial charge in [-0.3, -0.25) is 0 Å². The van der Waals surface area contributed by atoms with E-state index in [0.29, 0.717) is 6.42 Å². The second kappa shape index (κ2) is 6.51. The van der Waals surface area contributed by atoms with Crippen molar-refractivity contribution in [2.24, 2.45) is 0 Å². The van der Waals surface area contributed by atoms with Crippen LogP contribution in [0.4, 0.5) is 4.79 Å². The zero-order chi connectivity index (χ0) is 12.8. The molecule has 0 saturated heterocycles. The van der Waals surface area contributed by atoms with Crippen molar-refractivity contribution in [2.45, 2.75) is 58.6 Å². The lowest BCUT2D eigenvalue weighted by Gasteiger charge is -2.29. The van der Waals surface area contributed by atoms with Crippen LogP contribution in [-0.4, -0.2) is 36.0 Å². The number of carbonyl (C=O) groups is 2. The van der Waals surface area contributed by atoms with Crippen molar-refractivity contribution in [2.75, 3.05) is 7.05 Å². The monoisotopic (exact) mass is 229 g/mol. The van der Waals surface area contributed by atoms with Gasteiger partial charge in [0.25, 0.3) is 0 Å². The number of rotatable bonds is 5. The first-order chi connectivity index (χ1) is 7.31. The van der Waals surface area contributed by atoms with E-state index in [2.05, 4.69) is 0 Å². The van der Waals surface area contributed by atoms with Crippen molar-refractivity contribution in [1.29, 1.82) is 0 Å². The Morgan fingerprint density at radius 3 is 2.38 bits per heavy atom. The summed E-state index contributed by atoms with van der Waals surface area (Å²) >= 11 is 0. The lowest BCUT2D eigenvalue weighted by molar-refractivity contribution is -0.108. The summed E-state index contributed by atoms with van der Waals surface area (Å²) in [5, 5.41) is 0. The molecule has 0 fully saturated rings. The quantitative estimate of drug-likeness (QED) is 0.681. The van der Waals surface area contributed by atoms with Gasteiger partial charge < -0.3 is 14.4 Å². The molecule has 0 rings (SSSR count). The summed E-state index contributed by atoms with van der Waals surface area (Å²) < 4.78 is 5.24. The Hall–Kier alpha value is -1.06. The Balaban J connectivity index is 4.41. The molecule has 0 radical (unpaired) electrons. The van der Waals surface area contributed by atoms with Gasteiger partial charge in [0.15, 0.2) is 0 Å². The third-order valence-corrected chi connectivity index (χ3v) is 2.22. The molecular formula is C12H23NO3. The number of amides is 1. The number of carbonyl (C=O) groups excluding carboxylic acids is 2. The van der Waals surface area contributed by atoms with Gasteiger partial charge in [0.2, 0.25) is 0 Å². The van der Waals surface area contributed by atoms with Crippen molar-refractivity contribution in [3.63, 3.8) is 0 Å². The molecule has 0 aromatic heterocycles. The normalized spacial score (nSPS) is 13.1. The van der Waals surface area contributed by atoms with Crippen LogP contribution in [0.5, 0.6) is 0 Å². The Kier molecular flexibility index (Phi) is 6.08. The van der Waals surface area contributed by atoms with Crippen LogP contribution in [0.15, 0.2) is 0 Å². The predicted octanol–water partition coefficient (Wildman–Crippen LogP) is 2.61. The molecule has 1 amide bonds. The molecule has 0 saturated carbocycles. The molecule has 0 spiro atoms. The standard InChI is InChI=1S/C12H23NO3/c1-6-7-10(8-9-14)13(5)11(15)16-12(2,3)4/h9-10H,6-8H2,1-5H3. The van der Waals surface area contributed by atoms with Crippen LogP contribution >= 0.6 is 0 Å². The summed E-state index contributed by atoms with van der Waals surface area (Å²) in [6, 6.07) is -0.0580. The third-order valence-electron chi connectivity index (χ3n) is 2.22. The van der Waals surface area contributed by atoms with Crippen molar-refractivity contribution in [1.82, 2.24) is 4.90 Å². The maximum absolute atomic E-state index is 11.7. The molecule has 0 aliphatic heterocycles. The van der Waals surface area contributed by atoms with E-state index in [4.69, 9.17) is 4.74 Å². The summed E-state index contributed by atoms with van der Waals surface area (Å²) in [7, 11) is 1.68. The van der Waals surface area contributed by atoms with Crippen LogP contribution in [0.25, 0.3) is 0 Å². The molecule has 1 atom stereocenters. The fourth-order valence-corrected chi connectivity index (χ4v) is 1.40. The first-order valence-corrected chi connectivity index (χ1v) is 5.71. The molecule has 0 N–H and O–H groups in total. The van der Waals surface area contributed by atoms with Crippen LogP contribution < -0.4 is 0 Å². The van der Waals surface area contributed by atoms with Crippen LogP contribution in [0.1, 0.15) is 47.0 Å². The van der Waals surface area contributed by atoms with Gasteiger partial charge in [0.05, 0.1) is 0 Å². The van der Waals surface area contributed by atoms with E-state index in [0.717, 1.165) is 19.1 Å². The minimum absolute atomic E-state index is 0.0580. The molecule has 4 heteroatoms. The average Bonchev–Trinajstić information content (AvgIpc) is 2.13. The SMILES string of the molecule is CCCC(CC=O)N(C)C(=O)OC(C)(C)C. The topological polar surface area (TPSA) is 46.6 Å². The lowest BCUT2D eigenvalue weighted by Crippen LogP contribution is -2.40. The Labute approximate surface area is 98.0 Å². The smallest absolute Gasteiger partial charge is 0.410 e. The number of aldehydes is 1. The Morgan fingerprint density at radius 1 is 1.44 bits per heavy atom. The van der Waals surface area contributed by atoms with Gasteiger partial charge >= 0.3 is 6.09 Å². The molecule has 4 nitrogen and oxygen atoms in total. The Morgan fingerprint density at radius 2 is 2.00 bits per heavy atom. The second-order valence-electron chi connectivity index (χ2n) is 4.94. The average molecular weight is 229 g/mol. The van der Waals surface area contributed by atoms with E-state index in [9.17, 15) is 9.59 Å². The Bertz CT molecular complexity index is 233. The summed E-state index contributed by atoms with van der Waals surface area (Å²) in [5.74, 6) is 0. The molecular weight excluding hydrogens is 206 g/mol. The van der Waals surface area contributed by atoms with Gasteiger partial charge in [-0.2, -0.15) is 0 Å². The zero-order valence-electron chi connectivity index (χ0n) is 10.9. The lowest BCUT2D eigenvalue weighted by atomic mass is 10.1. The van der Waals surface area contributed by atoms with Crippen LogP contribution in [0.2, 0.25) is 0 Å². The highest BCUT2D eigenvalue weighted by atomic mass is 16.6. The van der Waals surface area contributed by atoms with E-state index in [1.165, 1.54) is 4.90 Å². The maximum atomic E-state index is 11.7. The fourth-order valence-electron chi connectivity index (χ4n) is 1.40. The van der Waals surface area contributed by atoms with Crippen LogP contribution in [0.3, 0.4) is 0 Å². The predicted molar refractivity (Wildman–Crippen MR) is 63.4 cm³/mol. The van der Waals surface area contributed by atoms with Gasteiger partial charge in [-0.25, -0.2) is 4.79 Å². The molecule has 94 valence electrons. The van der Waals surface area contributed by atoms with E-state index in [1.54, 1.807) is 7.05 Å². The fraction of sp³-hybridized carbons (Fsp3) is 0.833. The number of hydrogen-bond acceptors (Lipinski definition) is 3. The van der Waals surface area contributed by atoms with Gasteiger partial charge in [-0.15, -0.1) is 0 Å². The minimum Gasteiger partial charge on any atom is -0.444 e.